The molecule has 2 rings (SSSR count). The van der Waals surface area contributed by atoms with E-state index in [9.17, 15) is 9.50 Å². The average molecular weight is 237 g/mol. The van der Waals surface area contributed by atoms with E-state index in [4.69, 9.17) is 0 Å². The second-order valence-corrected chi connectivity index (χ2v) is 5.02. The maximum absolute atomic E-state index is 12.9. The lowest BCUT2D eigenvalue weighted by molar-refractivity contribution is 0.00467. The predicted octanol–water partition coefficient (Wildman–Crippen LogP) is 2.61. The highest BCUT2D eigenvalue weighted by atomic mass is 19.1. The summed E-state index contributed by atoms with van der Waals surface area (Å²) in [6.07, 6.45) is 5.20. The molecule has 17 heavy (non-hydrogen) atoms. The van der Waals surface area contributed by atoms with Gasteiger partial charge in [-0.2, -0.15) is 0 Å². The van der Waals surface area contributed by atoms with Crippen LogP contribution in [0.5, 0.6) is 0 Å². The van der Waals surface area contributed by atoms with Gasteiger partial charge in [0.05, 0.1) is 5.60 Å². The van der Waals surface area contributed by atoms with Crippen molar-refractivity contribution in [2.45, 2.75) is 44.2 Å². The zero-order chi connectivity index (χ0) is 12.1. The largest absolute Gasteiger partial charge is 0.389 e. The van der Waals surface area contributed by atoms with E-state index in [1.807, 2.05) is 6.07 Å². The van der Waals surface area contributed by atoms with E-state index in [-0.39, 0.29) is 5.82 Å². The highest BCUT2D eigenvalue weighted by molar-refractivity contribution is 5.16. The van der Waals surface area contributed by atoms with Crippen LogP contribution in [0.15, 0.2) is 24.3 Å². The summed E-state index contributed by atoms with van der Waals surface area (Å²) in [5, 5.41) is 13.5. The first-order chi connectivity index (χ1) is 8.18. The van der Waals surface area contributed by atoms with Crippen LogP contribution in [0.1, 0.15) is 37.7 Å². The summed E-state index contributed by atoms with van der Waals surface area (Å²) in [7, 11) is 0. The minimum atomic E-state index is -0.550. The van der Waals surface area contributed by atoms with E-state index in [2.05, 4.69) is 5.32 Å². The van der Waals surface area contributed by atoms with Crippen molar-refractivity contribution in [3.63, 3.8) is 0 Å². The molecular formula is C14H20FNO. The SMILES string of the molecule is OC1(CNCc2cccc(F)c2)CCCCC1. The third-order valence-electron chi connectivity index (χ3n) is 3.46. The number of rotatable bonds is 4. The van der Waals surface area contributed by atoms with Crippen LogP contribution in [0.4, 0.5) is 4.39 Å². The Bertz CT molecular complexity index is 361. The molecule has 3 heteroatoms. The lowest BCUT2D eigenvalue weighted by atomic mass is 9.85. The van der Waals surface area contributed by atoms with Gasteiger partial charge in [-0.05, 0) is 30.5 Å². The molecule has 0 atom stereocenters. The summed E-state index contributed by atoms with van der Waals surface area (Å²) in [5.74, 6) is -0.208. The Morgan fingerprint density at radius 3 is 2.71 bits per heavy atom. The van der Waals surface area contributed by atoms with E-state index in [0.717, 1.165) is 31.2 Å². The molecule has 1 aliphatic rings. The van der Waals surface area contributed by atoms with Gasteiger partial charge in [0, 0.05) is 13.1 Å². The molecule has 0 spiro atoms. The molecule has 0 aromatic heterocycles. The molecule has 1 aromatic rings. The third-order valence-corrected chi connectivity index (χ3v) is 3.46. The Balaban J connectivity index is 1.79. The molecule has 94 valence electrons. The fourth-order valence-corrected chi connectivity index (χ4v) is 2.47. The summed E-state index contributed by atoms with van der Waals surface area (Å²) >= 11 is 0. The average Bonchev–Trinajstić information content (AvgIpc) is 2.30. The van der Waals surface area contributed by atoms with Crippen LogP contribution in [0, 0.1) is 5.82 Å². The highest BCUT2D eigenvalue weighted by Crippen LogP contribution is 2.27. The van der Waals surface area contributed by atoms with Crippen molar-refractivity contribution >= 4 is 0 Å². The molecule has 0 unspecified atom stereocenters. The van der Waals surface area contributed by atoms with Crippen LogP contribution in [0.3, 0.4) is 0 Å². The first-order valence-corrected chi connectivity index (χ1v) is 6.36. The second-order valence-electron chi connectivity index (χ2n) is 5.02. The number of hydrogen-bond donors (Lipinski definition) is 2. The molecule has 0 radical (unpaired) electrons. The predicted molar refractivity (Wildman–Crippen MR) is 66.1 cm³/mol. The van der Waals surface area contributed by atoms with Gasteiger partial charge >= 0.3 is 0 Å². The molecular weight excluding hydrogens is 217 g/mol. The summed E-state index contributed by atoms with van der Waals surface area (Å²) in [6.45, 7) is 1.21. The molecule has 1 aromatic carbocycles. The standard InChI is InChI=1S/C14H20FNO/c15-13-6-4-5-12(9-13)10-16-11-14(17)7-2-1-3-8-14/h4-6,9,16-17H,1-3,7-8,10-11H2. The van der Waals surface area contributed by atoms with Crippen LogP contribution in [-0.2, 0) is 6.54 Å². The van der Waals surface area contributed by atoms with Gasteiger partial charge in [0.25, 0.3) is 0 Å². The van der Waals surface area contributed by atoms with Crippen molar-refractivity contribution in [2.24, 2.45) is 0 Å². The minimum absolute atomic E-state index is 0.208. The van der Waals surface area contributed by atoms with Crippen LogP contribution in [0.25, 0.3) is 0 Å². The molecule has 0 aliphatic heterocycles. The van der Waals surface area contributed by atoms with Crippen molar-refractivity contribution in [1.29, 1.82) is 0 Å². The Morgan fingerprint density at radius 2 is 2.00 bits per heavy atom. The second kappa shape index (κ2) is 5.61. The summed E-state index contributed by atoms with van der Waals surface area (Å²) in [4.78, 5) is 0. The quantitative estimate of drug-likeness (QED) is 0.843. The Kier molecular flexibility index (Phi) is 4.13. The molecule has 1 saturated carbocycles. The summed E-state index contributed by atoms with van der Waals surface area (Å²) < 4.78 is 12.9. The molecule has 2 nitrogen and oxygen atoms in total. The van der Waals surface area contributed by atoms with Crippen molar-refractivity contribution in [2.75, 3.05) is 6.54 Å². The third kappa shape index (κ3) is 3.79. The smallest absolute Gasteiger partial charge is 0.123 e. The maximum Gasteiger partial charge on any atom is 0.123 e. The van der Waals surface area contributed by atoms with Gasteiger partial charge in [-0.3, -0.25) is 0 Å². The first-order valence-electron chi connectivity index (χ1n) is 6.36. The van der Waals surface area contributed by atoms with E-state index in [1.54, 1.807) is 6.07 Å². The van der Waals surface area contributed by atoms with Crippen LogP contribution >= 0.6 is 0 Å². The Morgan fingerprint density at radius 1 is 1.24 bits per heavy atom. The van der Waals surface area contributed by atoms with E-state index in [1.165, 1.54) is 18.6 Å². The zero-order valence-corrected chi connectivity index (χ0v) is 10.1. The lowest BCUT2D eigenvalue weighted by Gasteiger charge is -2.32. The van der Waals surface area contributed by atoms with E-state index in [0.29, 0.717) is 13.1 Å². The number of aliphatic hydroxyl groups is 1. The highest BCUT2D eigenvalue weighted by Gasteiger charge is 2.28. The van der Waals surface area contributed by atoms with Crippen molar-refractivity contribution in [3.8, 4) is 0 Å². The molecule has 1 fully saturated rings. The monoisotopic (exact) mass is 237 g/mol. The van der Waals surface area contributed by atoms with Crippen LogP contribution in [-0.4, -0.2) is 17.3 Å². The van der Waals surface area contributed by atoms with Crippen molar-refractivity contribution < 1.29 is 9.50 Å². The topological polar surface area (TPSA) is 32.3 Å². The van der Waals surface area contributed by atoms with Gasteiger partial charge in [0.2, 0.25) is 0 Å². The number of nitrogens with one attached hydrogen (secondary N) is 1. The molecule has 0 saturated heterocycles. The van der Waals surface area contributed by atoms with Gasteiger partial charge in [-0.25, -0.2) is 4.39 Å². The normalized spacial score (nSPS) is 19.2. The number of hydrogen-bond acceptors (Lipinski definition) is 2. The zero-order valence-electron chi connectivity index (χ0n) is 10.1. The van der Waals surface area contributed by atoms with Gasteiger partial charge in [0.15, 0.2) is 0 Å². The van der Waals surface area contributed by atoms with E-state index < -0.39 is 5.60 Å². The maximum atomic E-state index is 12.9. The molecule has 0 amide bonds. The lowest BCUT2D eigenvalue weighted by Crippen LogP contribution is -2.41. The molecule has 1 aliphatic carbocycles. The Labute approximate surface area is 102 Å². The fourth-order valence-electron chi connectivity index (χ4n) is 2.47. The molecule has 0 heterocycles. The summed E-state index contributed by atoms with van der Waals surface area (Å²) in [5.41, 5.74) is 0.371. The molecule has 0 bridgehead atoms. The van der Waals surface area contributed by atoms with Crippen molar-refractivity contribution in [3.05, 3.63) is 35.6 Å². The van der Waals surface area contributed by atoms with Crippen molar-refractivity contribution in [1.82, 2.24) is 5.32 Å². The van der Waals surface area contributed by atoms with Gasteiger partial charge in [-0.1, -0.05) is 31.4 Å². The van der Waals surface area contributed by atoms with Crippen LogP contribution in [0.2, 0.25) is 0 Å². The van der Waals surface area contributed by atoms with Gasteiger partial charge in [-0.15, -0.1) is 0 Å². The molecule has 2 N–H and O–H groups in total. The van der Waals surface area contributed by atoms with Gasteiger partial charge < -0.3 is 10.4 Å². The van der Waals surface area contributed by atoms with Gasteiger partial charge in [0.1, 0.15) is 5.82 Å². The van der Waals surface area contributed by atoms with Crippen LogP contribution < -0.4 is 5.32 Å². The minimum Gasteiger partial charge on any atom is -0.389 e. The summed E-state index contributed by atoms with van der Waals surface area (Å²) in [6, 6.07) is 6.57. The first kappa shape index (κ1) is 12.5. The number of halogens is 1. The fraction of sp³-hybridized carbons (Fsp3) is 0.571. The van der Waals surface area contributed by atoms with E-state index >= 15 is 0 Å². The Hall–Kier alpha value is -0.930. The number of benzene rings is 1.